The molecule has 18 heavy (non-hydrogen) atoms. The van der Waals surface area contributed by atoms with E-state index in [9.17, 15) is 17.6 Å². The van der Waals surface area contributed by atoms with Crippen LogP contribution in [0.25, 0.3) is 0 Å². The van der Waals surface area contributed by atoms with E-state index in [1.807, 2.05) is 0 Å². The molecule has 100 valence electrons. The van der Waals surface area contributed by atoms with Crippen molar-refractivity contribution in [3.63, 3.8) is 0 Å². The maximum absolute atomic E-state index is 13.3. The average Bonchev–Trinajstić information content (AvgIpc) is 2.26. The number of thioether (sulfide) groups is 1. The normalized spacial score (nSPS) is 11.4. The van der Waals surface area contributed by atoms with Crippen LogP contribution in [-0.4, -0.2) is 37.7 Å². The molecule has 0 spiro atoms. The molecule has 0 aliphatic carbocycles. The molecular weight excluding hydrogens is 275 g/mol. The summed E-state index contributed by atoms with van der Waals surface area (Å²) in [6, 6.07) is 6.15. The summed E-state index contributed by atoms with van der Waals surface area (Å²) in [5.74, 6) is 0.182. The second kappa shape index (κ2) is 6.89. The van der Waals surface area contributed by atoms with E-state index in [1.54, 1.807) is 18.2 Å². The minimum atomic E-state index is -2.98. The number of hydrogen-bond donors (Lipinski definition) is 0. The highest BCUT2D eigenvalue weighted by Crippen LogP contribution is 2.10. The van der Waals surface area contributed by atoms with Gasteiger partial charge in [-0.1, -0.05) is 18.2 Å². The second-order valence-electron chi connectivity index (χ2n) is 3.99. The summed E-state index contributed by atoms with van der Waals surface area (Å²) in [7, 11) is -2.98. The summed E-state index contributed by atoms with van der Waals surface area (Å²) in [6.07, 6.45) is 1.22. The molecule has 0 unspecified atom stereocenters. The Kier molecular flexibility index (Phi) is 5.81. The van der Waals surface area contributed by atoms with Crippen molar-refractivity contribution in [1.82, 2.24) is 0 Å². The summed E-state index contributed by atoms with van der Waals surface area (Å²) in [4.78, 5) is 11.6. The fraction of sp³-hybridized carbons (Fsp3) is 0.417. The third kappa shape index (κ3) is 6.16. The molecule has 0 saturated heterocycles. The first-order valence-corrected chi connectivity index (χ1v) is 8.60. The van der Waals surface area contributed by atoms with Crippen LogP contribution in [0, 0.1) is 5.82 Å². The first-order valence-electron chi connectivity index (χ1n) is 5.39. The van der Waals surface area contributed by atoms with E-state index in [4.69, 9.17) is 0 Å². The molecule has 0 fully saturated rings. The number of rotatable bonds is 7. The summed E-state index contributed by atoms with van der Waals surface area (Å²) >= 11 is 1.26. The van der Waals surface area contributed by atoms with E-state index < -0.39 is 9.84 Å². The van der Waals surface area contributed by atoms with Gasteiger partial charge in [-0.15, -0.1) is 0 Å². The van der Waals surface area contributed by atoms with Gasteiger partial charge in [0.1, 0.15) is 21.4 Å². The zero-order valence-corrected chi connectivity index (χ0v) is 11.7. The highest BCUT2D eigenvalue weighted by atomic mass is 32.2. The lowest BCUT2D eigenvalue weighted by Crippen LogP contribution is -2.10. The van der Waals surface area contributed by atoms with Crippen LogP contribution in [0.4, 0.5) is 4.39 Å². The number of hydrogen-bond acceptors (Lipinski definition) is 4. The third-order valence-corrected chi connectivity index (χ3v) is 4.43. The number of Topliss-reactive ketones (excluding diaryl/α,β-unsaturated/α-hetero) is 1. The van der Waals surface area contributed by atoms with Crippen LogP contribution in [0.5, 0.6) is 0 Å². The molecule has 1 rings (SSSR count). The molecule has 0 radical (unpaired) electrons. The van der Waals surface area contributed by atoms with E-state index in [0.29, 0.717) is 11.3 Å². The summed E-state index contributed by atoms with van der Waals surface area (Å²) in [5, 5.41) is 0. The van der Waals surface area contributed by atoms with Crippen LogP contribution >= 0.6 is 11.8 Å². The van der Waals surface area contributed by atoms with Gasteiger partial charge in [0.25, 0.3) is 0 Å². The van der Waals surface area contributed by atoms with E-state index in [-0.39, 0.29) is 29.5 Å². The quantitative estimate of drug-likeness (QED) is 0.717. The zero-order valence-electron chi connectivity index (χ0n) is 10.1. The Morgan fingerprint density at radius 1 is 1.33 bits per heavy atom. The standard InChI is InChI=1S/C12H15FO3S2/c1-18(15,16)7-6-17-9-11(14)8-10-4-2-3-5-12(10)13/h2-5H,6-9H2,1H3. The van der Waals surface area contributed by atoms with Gasteiger partial charge in [-0.2, -0.15) is 11.8 Å². The van der Waals surface area contributed by atoms with Crippen LogP contribution in [0.15, 0.2) is 24.3 Å². The lowest BCUT2D eigenvalue weighted by atomic mass is 10.1. The van der Waals surface area contributed by atoms with Crippen LogP contribution < -0.4 is 0 Å². The van der Waals surface area contributed by atoms with Crippen molar-refractivity contribution in [3.8, 4) is 0 Å². The van der Waals surface area contributed by atoms with Crippen molar-refractivity contribution in [2.24, 2.45) is 0 Å². The van der Waals surface area contributed by atoms with Crippen molar-refractivity contribution < 1.29 is 17.6 Å². The molecule has 0 aromatic heterocycles. The predicted octanol–water partition coefficient (Wildman–Crippen LogP) is 1.72. The van der Waals surface area contributed by atoms with Gasteiger partial charge in [-0.05, 0) is 11.6 Å². The molecule has 0 atom stereocenters. The molecule has 6 heteroatoms. The van der Waals surface area contributed by atoms with Crippen molar-refractivity contribution in [3.05, 3.63) is 35.6 Å². The zero-order chi connectivity index (χ0) is 13.6. The third-order valence-electron chi connectivity index (χ3n) is 2.21. The van der Waals surface area contributed by atoms with E-state index in [1.165, 1.54) is 17.8 Å². The molecule has 1 aromatic carbocycles. The van der Waals surface area contributed by atoms with Gasteiger partial charge in [-0.3, -0.25) is 4.79 Å². The Labute approximate surface area is 111 Å². The fourth-order valence-corrected chi connectivity index (χ4v) is 3.46. The monoisotopic (exact) mass is 290 g/mol. The van der Waals surface area contributed by atoms with Crippen LogP contribution in [0.1, 0.15) is 5.56 Å². The maximum Gasteiger partial charge on any atom is 0.148 e. The van der Waals surface area contributed by atoms with Crippen LogP contribution in [0.2, 0.25) is 0 Å². The van der Waals surface area contributed by atoms with Gasteiger partial charge in [0.05, 0.1) is 11.5 Å². The first kappa shape index (κ1) is 15.2. The van der Waals surface area contributed by atoms with Crippen molar-refractivity contribution in [2.45, 2.75) is 6.42 Å². The van der Waals surface area contributed by atoms with Crippen LogP contribution in [-0.2, 0) is 21.1 Å². The van der Waals surface area contributed by atoms with E-state index in [2.05, 4.69) is 0 Å². The maximum atomic E-state index is 13.3. The topological polar surface area (TPSA) is 51.2 Å². The van der Waals surface area contributed by atoms with E-state index in [0.717, 1.165) is 6.26 Å². The van der Waals surface area contributed by atoms with Gasteiger partial charge in [0.15, 0.2) is 0 Å². The molecule has 3 nitrogen and oxygen atoms in total. The average molecular weight is 290 g/mol. The Balaban J connectivity index is 2.33. The smallest absolute Gasteiger partial charge is 0.148 e. The summed E-state index contributed by atoms with van der Waals surface area (Å²) in [6.45, 7) is 0. The number of benzene rings is 1. The largest absolute Gasteiger partial charge is 0.298 e. The van der Waals surface area contributed by atoms with Crippen molar-refractivity contribution in [2.75, 3.05) is 23.5 Å². The molecule has 0 N–H and O–H groups in total. The Bertz CT molecular complexity index is 512. The minimum Gasteiger partial charge on any atom is -0.298 e. The molecule has 0 aliphatic heterocycles. The SMILES string of the molecule is CS(=O)(=O)CCSCC(=O)Cc1ccccc1F. The number of halogens is 1. The van der Waals surface area contributed by atoms with Gasteiger partial charge >= 0.3 is 0 Å². The van der Waals surface area contributed by atoms with Crippen molar-refractivity contribution >= 4 is 27.4 Å². The summed E-state index contributed by atoms with van der Waals surface area (Å²) in [5.41, 5.74) is 0.381. The van der Waals surface area contributed by atoms with Gasteiger partial charge in [0, 0.05) is 18.4 Å². The fourth-order valence-electron chi connectivity index (χ4n) is 1.30. The molecular formula is C12H15FO3S2. The molecule has 0 saturated carbocycles. The summed E-state index contributed by atoms with van der Waals surface area (Å²) < 4.78 is 35.0. The lowest BCUT2D eigenvalue weighted by molar-refractivity contribution is -0.116. The van der Waals surface area contributed by atoms with E-state index >= 15 is 0 Å². The first-order chi connectivity index (χ1) is 8.38. The van der Waals surface area contributed by atoms with Crippen LogP contribution in [0.3, 0.4) is 0 Å². The Morgan fingerprint density at radius 3 is 2.61 bits per heavy atom. The Hall–Kier alpha value is -0.880. The Morgan fingerprint density at radius 2 is 2.00 bits per heavy atom. The molecule has 0 amide bonds. The van der Waals surface area contributed by atoms with Gasteiger partial charge < -0.3 is 0 Å². The number of carbonyl (C=O) groups excluding carboxylic acids is 1. The molecule has 0 aliphatic rings. The minimum absolute atomic E-state index is 0.0541. The van der Waals surface area contributed by atoms with Crippen molar-refractivity contribution in [1.29, 1.82) is 0 Å². The van der Waals surface area contributed by atoms with Gasteiger partial charge in [-0.25, -0.2) is 12.8 Å². The molecule has 0 heterocycles. The molecule has 0 bridgehead atoms. The number of ketones is 1. The number of sulfone groups is 1. The second-order valence-corrected chi connectivity index (χ2v) is 7.35. The highest BCUT2D eigenvalue weighted by molar-refractivity contribution is 8.01. The van der Waals surface area contributed by atoms with Gasteiger partial charge in [0.2, 0.25) is 0 Å². The number of carbonyl (C=O) groups is 1. The lowest BCUT2D eigenvalue weighted by Gasteiger charge is -2.02. The predicted molar refractivity (Wildman–Crippen MR) is 72.1 cm³/mol. The highest BCUT2D eigenvalue weighted by Gasteiger charge is 2.08. The molecule has 1 aromatic rings.